The maximum atomic E-state index is 13.3. The first-order chi connectivity index (χ1) is 12.7. The lowest BCUT2D eigenvalue weighted by atomic mass is 9.46. The predicted octanol–water partition coefficient (Wildman–Crippen LogP) is 6.16. The molecule has 150 valence electrons. The normalized spacial score (nSPS) is 32.4. The molecular formula is C24H36O3. The van der Waals surface area contributed by atoms with Gasteiger partial charge in [0.15, 0.2) is 5.78 Å². The standard InChI is InChI=1S/C24H36O3/c1-16-8-9-22-23(2,3)10-7-11-24(22,4)20(16)15-21(25)17-12-18(26-5)14-19(13-17)27-6/h12-14,16,20,22H,7-11,15H2,1-6H3. The Morgan fingerprint density at radius 3 is 2.26 bits per heavy atom. The Bertz CT molecular complexity index is 671. The molecule has 0 aromatic heterocycles. The minimum atomic E-state index is 0.217. The molecule has 0 spiro atoms. The predicted molar refractivity (Wildman–Crippen MR) is 110 cm³/mol. The number of ketones is 1. The summed E-state index contributed by atoms with van der Waals surface area (Å²) in [5.41, 5.74) is 1.35. The summed E-state index contributed by atoms with van der Waals surface area (Å²) in [5, 5.41) is 0. The zero-order valence-electron chi connectivity index (χ0n) is 17.9. The number of hydrogen-bond acceptors (Lipinski definition) is 3. The molecule has 2 saturated carbocycles. The van der Waals surface area contributed by atoms with Gasteiger partial charge in [-0.1, -0.05) is 40.5 Å². The lowest BCUT2D eigenvalue weighted by Crippen LogP contribution is -2.51. The Kier molecular flexibility index (Phi) is 5.61. The second kappa shape index (κ2) is 7.48. The third-order valence-corrected chi connectivity index (χ3v) is 7.80. The second-order valence-corrected chi connectivity index (χ2v) is 9.79. The van der Waals surface area contributed by atoms with E-state index in [1.165, 1.54) is 32.1 Å². The van der Waals surface area contributed by atoms with Crippen LogP contribution in [0, 0.1) is 28.6 Å². The lowest BCUT2D eigenvalue weighted by molar-refractivity contribution is -0.0927. The highest BCUT2D eigenvalue weighted by Gasteiger charge is 2.53. The Hall–Kier alpha value is -1.51. The van der Waals surface area contributed by atoms with Gasteiger partial charge in [0.2, 0.25) is 0 Å². The number of Topliss-reactive ketones (excluding diaryl/α,β-unsaturated/α-hetero) is 1. The van der Waals surface area contributed by atoms with Crippen LogP contribution >= 0.6 is 0 Å². The first-order valence-corrected chi connectivity index (χ1v) is 10.5. The fourth-order valence-electron chi connectivity index (χ4n) is 6.33. The molecular weight excluding hydrogens is 336 g/mol. The number of carbonyl (C=O) groups excluding carboxylic acids is 1. The van der Waals surface area contributed by atoms with Gasteiger partial charge in [0, 0.05) is 18.1 Å². The molecule has 3 heteroatoms. The maximum absolute atomic E-state index is 13.3. The van der Waals surface area contributed by atoms with Crippen molar-refractivity contribution in [2.45, 2.75) is 66.2 Å². The van der Waals surface area contributed by atoms with E-state index in [4.69, 9.17) is 9.47 Å². The van der Waals surface area contributed by atoms with Gasteiger partial charge in [0.05, 0.1) is 14.2 Å². The number of methoxy groups -OCH3 is 2. The molecule has 0 N–H and O–H groups in total. The molecule has 2 fully saturated rings. The molecule has 0 heterocycles. The van der Waals surface area contributed by atoms with E-state index in [9.17, 15) is 4.79 Å². The Labute approximate surface area is 164 Å². The molecule has 1 aromatic carbocycles. The summed E-state index contributed by atoms with van der Waals surface area (Å²) in [5.74, 6) is 3.33. The highest BCUT2D eigenvalue weighted by molar-refractivity contribution is 5.97. The van der Waals surface area contributed by atoms with Gasteiger partial charge in [0.1, 0.15) is 11.5 Å². The summed E-state index contributed by atoms with van der Waals surface area (Å²) in [6, 6.07) is 5.52. The minimum absolute atomic E-state index is 0.217. The quantitative estimate of drug-likeness (QED) is 0.581. The van der Waals surface area contributed by atoms with Gasteiger partial charge in [-0.25, -0.2) is 0 Å². The van der Waals surface area contributed by atoms with Crippen molar-refractivity contribution in [1.82, 2.24) is 0 Å². The molecule has 0 bridgehead atoms. The number of ether oxygens (including phenoxy) is 2. The summed E-state index contributed by atoms with van der Waals surface area (Å²) >= 11 is 0. The summed E-state index contributed by atoms with van der Waals surface area (Å²) in [6.07, 6.45) is 7.02. The Balaban J connectivity index is 1.88. The molecule has 0 saturated heterocycles. The van der Waals surface area contributed by atoms with Crippen LogP contribution in [0.3, 0.4) is 0 Å². The average molecular weight is 373 g/mol. The molecule has 0 radical (unpaired) electrons. The van der Waals surface area contributed by atoms with Gasteiger partial charge in [0.25, 0.3) is 0 Å². The Morgan fingerprint density at radius 2 is 1.67 bits per heavy atom. The van der Waals surface area contributed by atoms with Crippen LogP contribution in [0.25, 0.3) is 0 Å². The Morgan fingerprint density at radius 1 is 1.04 bits per heavy atom. The van der Waals surface area contributed by atoms with Crippen LogP contribution in [0.1, 0.15) is 76.6 Å². The van der Waals surface area contributed by atoms with E-state index in [1.54, 1.807) is 14.2 Å². The van der Waals surface area contributed by atoms with Crippen LogP contribution in [0.4, 0.5) is 0 Å². The number of benzene rings is 1. The van der Waals surface area contributed by atoms with E-state index < -0.39 is 0 Å². The topological polar surface area (TPSA) is 35.5 Å². The minimum Gasteiger partial charge on any atom is -0.497 e. The highest BCUT2D eigenvalue weighted by atomic mass is 16.5. The SMILES string of the molecule is COc1cc(OC)cc(C(=O)CC2C(C)CCC3C(C)(C)CCCC23C)c1. The van der Waals surface area contributed by atoms with Gasteiger partial charge in [-0.05, 0) is 60.0 Å². The lowest BCUT2D eigenvalue weighted by Gasteiger charge is -2.59. The van der Waals surface area contributed by atoms with Crippen molar-refractivity contribution in [3.05, 3.63) is 23.8 Å². The molecule has 3 nitrogen and oxygen atoms in total. The molecule has 3 rings (SSSR count). The first-order valence-electron chi connectivity index (χ1n) is 10.5. The van der Waals surface area contributed by atoms with Crippen LogP contribution in [0.2, 0.25) is 0 Å². The third-order valence-electron chi connectivity index (χ3n) is 7.80. The van der Waals surface area contributed by atoms with Crippen molar-refractivity contribution < 1.29 is 14.3 Å². The van der Waals surface area contributed by atoms with Crippen molar-refractivity contribution in [1.29, 1.82) is 0 Å². The number of rotatable bonds is 5. The molecule has 0 amide bonds. The van der Waals surface area contributed by atoms with Gasteiger partial charge >= 0.3 is 0 Å². The summed E-state index contributed by atoms with van der Waals surface area (Å²) in [6.45, 7) is 9.71. The highest BCUT2D eigenvalue weighted by Crippen LogP contribution is 2.61. The van der Waals surface area contributed by atoms with Gasteiger partial charge < -0.3 is 9.47 Å². The van der Waals surface area contributed by atoms with E-state index in [-0.39, 0.29) is 11.2 Å². The average Bonchev–Trinajstić information content (AvgIpc) is 2.63. The van der Waals surface area contributed by atoms with Crippen molar-refractivity contribution in [2.24, 2.45) is 28.6 Å². The van der Waals surface area contributed by atoms with Crippen LogP contribution in [0.5, 0.6) is 11.5 Å². The molecule has 4 atom stereocenters. The zero-order chi connectivity index (χ0) is 19.8. The van der Waals surface area contributed by atoms with E-state index in [2.05, 4.69) is 27.7 Å². The molecule has 2 aliphatic rings. The zero-order valence-corrected chi connectivity index (χ0v) is 17.9. The van der Waals surface area contributed by atoms with Gasteiger partial charge in [-0.3, -0.25) is 4.79 Å². The number of fused-ring (bicyclic) bond motifs is 1. The van der Waals surface area contributed by atoms with Crippen LogP contribution in [-0.2, 0) is 0 Å². The van der Waals surface area contributed by atoms with Crippen molar-refractivity contribution >= 4 is 5.78 Å². The van der Waals surface area contributed by atoms with E-state index >= 15 is 0 Å². The van der Waals surface area contributed by atoms with Gasteiger partial charge in [-0.15, -0.1) is 0 Å². The van der Waals surface area contributed by atoms with E-state index in [0.29, 0.717) is 46.7 Å². The summed E-state index contributed by atoms with van der Waals surface area (Å²) in [4.78, 5) is 13.3. The van der Waals surface area contributed by atoms with Crippen LogP contribution in [-0.4, -0.2) is 20.0 Å². The molecule has 1 aromatic rings. The van der Waals surface area contributed by atoms with E-state index in [0.717, 1.165) is 0 Å². The van der Waals surface area contributed by atoms with Crippen LogP contribution < -0.4 is 9.47 Å². The van der Waals surface area contributed by atoms with Crippen molar-refractivity contribution in [2.75, 3.05) is 14.2 Å². The fourth-order valence-corrected chi connectivity index (χ4v) is 6.33. The van der Waals surface area contributed by atoms with E-state index in [1.807, 2.05) is 18.2 Å². The van der Waals surface area contributed by atoms with Crippen LogP contribution in [0.15, 0.2) is 18.2 Å². The largest absolute Gasteiger partial charge is 0.497 e. The first kappa shape index (κ1) is 20.2. The van der Waals surface area contributed by atoms with Crippen molar-refractivity contribution in [3.8, 4) is 11.5 Å². The molecule has 27 heavy (non-hydrogen) atoms. The summed E-state index contributed by atoms with van der Waals surface area (Å²) < 4.78 is 10.7. The van der Waals surface area contributed by atoms with Gasteiger partial charge in [-0.2, -0.15) is 0 Å². The third kappa shape index (κ3) is 3.75. The monoisotopic (exact) mass is 372 g/mol. The molecule has 2 aliphatic carbocycles. The second-order valence-electron chi connectivity index (χ2n) is 9.79. The smallest absolute Gasteiger partial charge is 0.163 e. The number of hydrogen-bond donors (Lipinski definition) is 0. The number of carbonyl (C=O) groups is 1. The molecule has 0 aliphatic heterocycles. The maximum Gasteiger partial charge on any atom is 0.163 e. The van der Waals surface area contributed by atoms with Crippen molar-refractivity contribution in [3.63, 3.8) is 0 Å². The summed E-state index contributed by atoms with van der Waals surface area (Å²) in [7, 11) is 3.25. The molecule has 4 unspecified atom stereocenters. The fraction of sp³-hybridized carbons (Fsp3) is 0.708.